The lowest BCUT2D eigenvalue weighted by molar-refractivity contribution is -0.133. The van der Waals surface area contributed by atoms with Gasteiger partial charge in [-0.25, -0.2) is 4.79 Å². The number of anilines is 1. The average Bonchev–Trinajstić information content (AvgIpc) is 2.48. The number of nitrogens with zero attached hydrogens (tertiary/aromatic N) is 1. The van der Waals surface area contributed by atoms with Crippen molar-refractivity contribution < 1.29 is 9.59 Å². The van der Waals surface area contributed by atoms with Crippen LogP contribution in [0.3, 0.4) is 0 Å². The van der Waals surface area contributed by atoms with Crippen LogP contribution < -0.4 is 16.0 Å². The predicted molar refractivity (Wildman–Crippen MR) is 77.5 cm³/mol. The minimum absolute atomic E-state index is 0.0466. The Morgan fingerprint density at radius 1 is 1.20 bits per heavy atom. The molecule has 0 radical (unpaired) electrons. The minimum Gasteiger partial charge on any atom is -0.338 e. The number of rotatable bonds is 3. The maximum atomic E-state index is 12.1. The first-order valence-corrected chi connectivity index (χ1v) is 6.79. The Bertz CT molecular complexity index is 458. The SMILES string of the molecule is CC(NC(=O)Nc1ccccc1)C(=O)N1CCNCC1. The van der Waals surface area contributed by atoms with Gasteiger partial charge in [0.05, 0.1) is 0 Å². The number of urea groups is 1. The van der Waals surface area contributed by atoms with Crippen LogP contribution in [0.1, 0.15) is 6.92 Å². The molecule has 20 heavy (non-hydrogen) atoms. The zero-order valence-corrected chi connectivity index (χ0v) is 11.6. The Hall–Kier alpha value is -2.08. The molecule has 1 aliphatic heterocycles. The summed E-state index contributed by atoms with van der Waals surface area (Å²) < 4.78 is 0. The Balaban J connectivity index is 1.82. The Morgan fingerprint density at radius 3 is 2.50 bits per heavy atom. The molecule has 0 saturated carbocycles. The van der Waals surface area contributed by atoms with E-state index in [0.29, 0.717) is 18.8 Å². The molecule has 3 N–H and O–H groups in total. The molecule has 1 unspecified atom stereocenters. The van der Waals surface area contributed by atoms with Crippen LogP contribution in [0.2, 0.25) is 0 Å². The quantitative estimate of drug-likeness (QED) is 0.758. The summed E-state index contributed by atoms with van der Waals surface area (Å²) in [5.74, 6) is -0.0466. The van der Waals surface area contributed by atoms with E-state index < -0.39 is 6.04 Å². The van der Waals surface area contributed by atoms with Crippen LogP contribution in [0.25, 0.3) is 0 Å². The molecule has 0 aliphatic carbocycles. The summed E-state index contributed by atoms with van der Waals surface area (Å²) in [6, 6.07) is 8.24. The summed E-state index contributed by atoms with van der Waals surface area (Å²) in [4.78, 5) is 25.7. The number of para-hydroxylation sites is 1. The topological polar surface area (TPSA) is 73.5 Å². The van der Waals surface area contributed by atoms with Crippen molar-refractivity contribution in [2.45, 2.75) is 13.0 Å². The molecular formula is C14H20N4O2. The molecule has 1 aromatic carbocycles. The molecule has 0 bridgehead atoms. The van der Waals surface area contributed by atoms with Crippen molar-refractivity contribution in [3.05, 3.63) is 30.3 Å². The van der Waals surface area contributed by atoms with Crippen molar-refractivity contribution in [1.82, 2.24) is 15.5 Å². The second kappa shape index (κ2) is 6.91. The van der Waals surface area contributed by atoms with Crippen molar-refractivity contribution in [2.75, 3.05) is 31.5 Å². The van der Waals surface area contributed by atoms with E-state index in [9.17, 15) is 9.59 Å². The second-order valence-electron chi connectivity index (χ2n) is 4.76. The van der Waals surface area contributed by atoms with Crippen LogP contribution >= 0.6 is 0 Å². The predicted octanol–water partition coefficient (Wildman–Crippen LogP) is 0.628. The Labute approximate surface area is 118 Å². The molecule has 1 aromatic rings. The van der Waals surface area contributed by atoms with Crippen molar-refractivity contribution in [3.8, 4) is 0 Å². The molecular weight excluding hydrogens is 256 g/mol. The van der Waals surface area contributed by atoms with Gasteiger partial charge in [-0.3, -0.25) is 4.79 Å². The minimum atomic E-state index is -0.531. The number of amides is 3. The van der Waals surface area contributed by atoms with Gasteiger partial charge in [-0.2, -0.15) is 0 Å². The third-order valence-electron chi connectivity index (χ3n) is 3.18. The molecule has 6 heteroatoms. The van der Waals surface area contributed by atoms with Crippen LogP contribution in [0.5, 0.6) is 0 Å². The molecule has 1 heterocycles. The van der Waals surface area contributed by atoms with Gasteiger partial charge in [0.2, 0.25) is 5.91 Å². The fourth-order valence-corrected chi connectivity index (χ4v) is 2.11. The highest BCUT2D eigenvalue weighted by atomic mass is 16.2. The number of benzene rings is 1. The van der Waals surface area contributed by atoms with Gasteiger partial charge in [0.1, 0.15) is 6.04 Å². The molecule has 0 spiro atoms. The first-order valence-electron chi connectivity index (χ1n) is 6.79. The van der Waals surface area contributed by atoms with Crippen molar-refractivity contribution >= 4 is 17.6 Å². The van der Waals surface area contributed by atoms with Gasteiger partial charge in [-0.15, -0.1) is 0 Å². The van der Waals surface area contributed by atoms with Gasteiger partial charge >= 0.3 is 6.03 Å². The van der Waals surface area contributed by atoms with E-state index >= 15 is 0 Å². The summed E-state index contributed by atoms with van der Waals surface area (Å²) in [6.45, 7) is 4.68. The first kappa shape index (κ1) is 14.3. The number of piperazine rings is 1. The van der Waals surface area contributed by atoms with Gasteiger partial charge in [0.25, 0.3) is 0 Å². The Morgan fingerprint density at radius 2 is 1.85 bits per heavy atom. The monoisotopic (exact) mass is 276 g/mol. The van der Waals surface area contributed by atoms with Gasteiger partial charge < -0.3 is 20.9 Å². The van der Waals surface area contributed by atoms with E-state index in [4.69, 9.17) is 0 Å². The molecule has 1 saturated heterocycles. The number of carbonyl (C=O) groups is 2. The summed E-state index contributed by atoms with van der Waals surface area (Å²) in [6.07, 6.45) is 0. The van der Waals surface area contributed by atoms with E-state index in [-0.39, 0.29) is 11.9 Å². The highest BCUT2D eigenvalue weighted by molar-refractivity contribution is 5.93. The largest absolute Gasteiger partial charge is 0.338 e. The van der Waals surface area contributed by atoms with Crippen LogP contribution in [-0.4, -0.2) is 49.1 Å². The highest BCUT2D eigenvalue weighted by Crippen LogP contribution is 2.05. The number of hydrogen-bond acceptors (Lipinski definition) is 3. The Kier molecular flexibility index (Phi) is 4.95. The van der Waals surface area contributed by atoms with Gasteiger partial charge in [-0.1, -0.05) is 18.2 Å². The molecule has 0 aromatic heterocycles. The lowest BCUT2D eigenvalue weighted by atomic mass is 10.2. The molecule has 2 rings (SSSR count). The standard InChI is InChI=1S/C14H20N4O2/c1-11(13(19)18-9-7-15-8-10-18)16-14(20)17-12-5-3-2-4-6-12/h2-6,11,15H,7-10H2,1H3,(H2,16,17,20). The van der Waals surface area contributed by atoms with Crippen LogP contribution in [0.4, 0.5) is 10.5 Å². The summed E-state index contributed by atoms with van der Waals surface area (Å²) in [5, 5.41) is 8.55. The van der Waals surface area contributed by atoms with Crippen LogP contribution in [0.15, 0.2) is 30.3 Å². The van der Waals surface area contributed by atoms with Gasteiger partial charge in [0.15, 0.2) is 0 Å². The van der Waals surface area contributed by atoms with Gasteiger partial charge in [0, 0.05) is 31.9 Å². The third-order valence-corrected chi connectivity index (χ3v) is 3.18. The molecule has 108 valence electrons. The fraction of sp³-hybridized carbons (Fsp3) is 0.429. The lowest BCUT2D eigenvalue weighted by Crippen LogP contribution is -2.53. The highest BCUT2D eigenvalue weighted by Gasteiger charge is 2.23. The molecule has 1 aliphatic rings. The number of carbonyl (C=O) groups excluding carboxylic acids is 2. The van der Waals surface area contributed by atoms with E-state index in [1.54, 1.807) is 24.0 Å². The smallest absolute Gasteiger partial charge is 0.319 e. The normalized spacial score (nSPS) is 16.4. The molecule has 1 atom stereocenters. The summed E-state index contributed by atoms with van der Waals surface area (Å²) in [5.41, 5.74) is 0.701. The number of hydrogen-bond donors (Lipinski definition) is 3. The fourth-order valence-electron chi connectivity index (χ4n) is 2.11. The zero-order valence-electron chi connectivity index (χ0n) is 11.6. The van der Waals surface area contributed by atoms with Crippen LogP contribution in [0, 0.1) is 0 Å². The van der Waals surface area contributed by atoms with Crippen molar-refractivity contribution in [2.24, 2.45) is 0 Å². The van der Waals surface area contributed by atoms with E-state index in [1.165, 1.54) is 0 Å². The second-order valence-corrected chi connectivity index (χ2v) is 4.76. The molecule has 1 fully saturated rings. The van der Waals surface area contributed by atoms with E-state index in [1.807, 2.05) is 18.2 Å². The average molecular weight is 276 g/mol. The third kappa shape index (κ3) is 3.96. The van der Waals surface area contributed by atoms with Crippen LogP contribution in [-0.2, 0) is 4.79 Å². The maximum absolute atomic E-state index is 12.1. The number of nitrogens with one attached hydrogen (secondary N) is 3. The molecule has 3 amide bonds. The summed E-state index contributed by atoms with van der Waals surface area (Å²) in [7, 11) is 0. The first-order chi connectivity index (χ1) is 9.66. The summed E-state index contributed by atoms with van der Waals surface area (Å²) >= 11 is 0. The van der Waals surface area contributed by atoms with E-state index in [0.717, 1.165) is 13.1 Å². The zero-order chi connectivity index (χ0) is 14.4. The van der Waals surface area contributed by atoms with Crippen molar-refractivity contribution in [3.63, 3.8) is 0 Å². The lowest BCUT2D eigenvalue weighted by Gasteiger charge is -2.30. The maximum Gasteiger partial charge on any atom is 0.319 e. The van der Waals surface area contributed by atoms with Crippen molar-refractivity contribution in [1.29, 1.82) is 0 Å². The van der Waals surface area contributed by atoms with E-state index in [2.05, 4.69) is 16.0 Å². The molecule has 6 nitrogen and oxygen atoms in total. The van der Waals surface area contributed by atoms with Gasteiger partial charge in [-0.05, 0) is 19.1 Å².